The van der Waals surface area contributed by atoms with Gasteiger partial charge in [-0.2, -0.15) is 0 Å². The quantitative estimate of drug-likeness (QED) is 0.389. The van der Waals surface area contributed by atoms with E-state index in [9.17, 15) is 0 Å². The number of aromatic amines is 2. The Balaban J connectivity index is 1.33. The number of methoxy groups -OCH3 is 1. The maximum atomic E-state index is 5.80. The zero-order chi connectivity index (χ0) is 23.1. The molecule has 3 aromatic heterocycles. The van der Waals surface area contributed by atoms with Gasteiger partial charge in [-0.1, -0.05) is 18.2 Å². The molecule has 0 radical (unpaired) electrons. The highest BCUT2D eigenvalue weighted by Gasteiger charge is 2.17. The van der Waals surface area contributed by atoms with Crippen molar-refractivity contribution in [2.75, 3.05) is 40.3 Å². The first-order valence-corrected chi connectivity index (χ1v) is 11.8. The van der Waals surface area contributed by atoms with Crippen LogP contribution >= 0.6 is 0 Å². The predicted octanol–water partition coefficient (Wildman–Crippen LogP) is 5.13. The van der Waals surface area contributed by atoms with Crippen molar-refractivity contribution < 1.29 is 4.74 Å². The molecule has 172 valence electrons. The van der Waals surface area contributed by atoms with E-state index in [0.29, 0.717) is 0 Å². The highest BCUT2D eigenvalue weighted by Crippen LogP contribution is 2.34. The molecule has 0 bridgehead atoms. The van der Waals surface area contributed by atoms with Crippen molar-refractivity contribution in [3.8, 4) is 28.0 Å². The normalized spacial score (nSPS) is 15.4. The summed E-state index contributed by atoms with van der Waals surface area (Å²) in [6.07, 6.45) is 5.96. The molecule has 0 atom stereocenters. The molecular weight excluding hydrogens is 422 g/mol. The van der Waals surface area contributed by atoms with Gasteiger partial charge in [0.2, 0.25) is 0 Å². The number of hydrogen-bond donors (Lipinski definition) is 2. The number of pyridine rings is 1. The van der Waals surface area contributed by atoms with Crippen LogP contribution in [0.4, 0.5) is 0 Å². The number of nitrogens with one attached hydrogen (secondary N) is 2. The van der Waals surface area contributed by atoms with Crippen LogP contribution in [-0.4, -0.2) is 65.1 Å². The third-order valence-electron chi connectivity index (χ3n) is 7.01. The first-order chi connectivity index (χ1) is 16.7. The maximum Gasteiger partial charge on any atom is 0.137 e. The minimum Gasteiger partial charge on any atom is -0.496 e. The SMILES string of the molecule is COc1cc(-c2cnc3[nH]cc(-c4ccc5[nH]ccc5c4)c3c2)ccc1CN1CCN(C)CC1. The van der Waals surface area contributed by atoms with Gasteiger partial charge in [0, 0.05) is 78.9 Å². The Bertz CT molecular complexity index is 1460. The van der Waals surface area contributed by atoms with E-state index in [-0.39, 0.29) is 0 Å². The van der Waals surface area contributed by atoms with Crippen molar-refractivity contribution in [3.63, 3.8) is 0 Å². The highest BCUT2D eigenvalue weighted by molar-refractivity contribution is 5.98. The van der Waals surface area contributed by atoms with Crippen LogP contribution < -0.4 is 4.74 Å². The summed E-state index contributed by atoms with van der Waals surface area (Å²) in [5.41, 5.74) is 7.80. The Labute approximate surface area is 199 Å². The van der Waals surface area contributed by atoms with Crippen molar-refractivity contribution in [2.24, 2.45) is 0 Å². The van der Waals surface area contributed by atoms with Gasteiger partial charge in [0.25, 0.3) is 0 Å². The number of ether oxygens (including phenoxy) is 1. The fourth-order valence-corrected chi connectivity index (χ4v) is 4.92. The molecule has 2 aromatic carbocycles. The van der Waals surface area contributed by atoms with E-state index < -0.39 is 0 Å². The number of piperazine rings is 1. The van der Waals surface area contributed by atoms with Gasteiger partial charge < -0.3 is 19.6 Å². The van der Waals surface area contributed by atoms with Crippen LogP contribution in [0.25, 0.3) is 44.2 Å². The molecule has 0 saturated carbocycles. The lowest BCUT2D eigenvalue weighted by Gasteiger charge is -2.32. The average molecular weight is 452 g/mol. The molecule has 4 heterocycles. The lowest BCUT2D eigenvalue weighted by molar-refractivity contribution is 0.147. The number of hydrogen-bond acceptors (Lipinski definition) is 4. The summed E-state index contributed by atoms with van der Waals surface area (Å²) in [5.74, 6) is 0.934. The van der Waals surface area contributed by atoms with E-state index in [1.807, 2.05) is 12.4 Å². The molecule has 34 heavy (non-hydrogen) atoms. The standard InChI is InChI=1S/C28H29N5O/c1-32-9-11-33(12-10-32)18-22-4-3-19(15-27(22)34-2)23-14-24-25(17-31-28(24)30-16-23)20-5-6-26-21(13-20)7-8-29-26/h3-8,13-17,29H,9-12,18H2,1-2H3,(H,30,31). The van der Waals surface area contributed by atoms with Crippen molar-refractivity contribution in [2.45, 2.75) is 6.54 Å². The summed E-state index contributed by atoms with van der Waals surface area (Å²) >= 11 is 0. The van der Waals surface area contributed by atoms with Crippen LogP contribution in [0.1, 0.15) is 5.56 Å². The van der Waals surface area contributed by atoms with E-state index >= 15 is 0 Å². The lowest BCUT2D eigenvalue weighted by Crippen LogP contribution is -2.43. The van der Waals surface area contributed by atoms with Crippen molar-refractivity contribution >= 4 is 21.9 Å². The van der Waals surface area contributed by atoms with Gasteiger partial charge in [-0.3, -0.25) is 4.90 Å². The molecule has 5 aromatic rings. The highest BCUT2D eigenvalue weighted by atomic mass is 16.5. The topological polar surface area (TPSA) is 60.2 Å². The fourth-order valence-electron chi connectivity index (χ4n) is 4.92. The monoisotopic (exact) mass is 451 g/mol. The zero-order valence-electron chi connectivity index (χ0n) is 19.6. The number of H-pyrrole nitrogens is 2. The summed E-state index contributed by atoms with van der Waals surface area (Å²) in [6, 6.07) is 17.4. The lowest BCUT2D eigenvalue weighted by atomic mass is 10.00. The molecule has 1 saturated heterocycles. The summed E-state index contributed by atoms with van der Waals surface area (Å²) in [6.45, 7) is 5.32. The molecular formula is C28H29N5O. The van der Waals surface area contributed by atoms with E-state index in [0.717, 1.165) is 71.7 Å². The van der Waals surface area contributed by atoms with Crippen molar-refractivity contribution in [1.82, 2.24) is 24.8 Å². The second-order valence-electron chi connectivity index (χ2n) is 9.21. The summed E-state index contributed by atoms with van der Waals surface area (Å²) in [7, 11) is 3.95. The van der Waals surface area contributed by atoms with E-state index in [1.54, 1.807) is 7.11 Å². The number of aromatic nitrogens is 3. The van der Waals surface area contributed by atoms with Crippen LogP contribution in [0.3, 0.4) is 0 Å². The fraction of sp³-hybridized carbons (Fsp3) is 0.250. The largest absolute Gasteiger partial charge is 0.496 e. The van der Waals surface area contributed by atoms with Gasteiger partial charge in [-0.25, -0.2) is 4.98 Å². The van der Waals surface area contributed by atoms with Crippen LogP contribution in [0, 0.1) is 0 Å². The Morgan fingerprint density at radius 3 is 2.62 bits per heavy atom. The van der Waals surface area contributed by atoms with E-state index in [2.05, 4.69) is 81.5 Å². The maximum absolute atomic E-state index is 5.80. The Hall–Kier alpha value is -3.61. The van der Waals surface area contributed by atoms with E-state index in [1.165, 1.54) is 16.5 Å². The second-order valence-corrected chi connectivity index (χ2v) is 9.21. The molecule has 1 fully saturated rings. The Morgan fingerprint density at radius 1 is 0.912 bits per heavy atom. The number of rotatable bonds is 5. The minimum atomic E-state index is 0.895. The second kappa shape index (κ2) is 8.63. The molecule has 1 aliphatic heterocycles. The molecule has 0 aliphatic carbocycles. The van der Waals surface area contributed by atoms with Gasteiger partial charge in [0.15, 0.2) is 0 Å². The van der Waals surface area contributed by atoms with Gasteiger partial charge in [-0.05, 0) is 53.9 Å². The van der Waals surface area contributed by atoms with Crippen LogP contribution in [0.15, 0.2) is 67.1 Å². The molecule has 0 spiro atoms. The molecule has 6 heteroatoms. The Morgan fingerprint density at radius 2 is 1.76 bits per heavy atom. The zero-order valence-corrected chi connectivity index (χ0v) is 19.6. The van der Waals surface area contributed by atoms with Gasteiger partial charge >= 0.3 is 0 Å². The average Bonchev–Trinajstić information content (AvgIpc) is 3.51. The van der Waals surface area contributed by atoms with Crippen molar-refractivity contribution in [1.29, 1.82) is 0 Å². The third kappa shape index (κ3) is 3.85. The Kier molecular flexibility index (Phi) is 5.32. The molecule has 6 nitrogen and oxygen atoms in total. The number of nitrogens with zero attached hydrogens (tertiary/aromatic N) is 3. The van der Waals surface area contributed by atoms with Gasteiger partial charge in [-0.15, -0.1) is 0 Å². The minimum absolute atomic E-state index is 0.895. The van der Waals surface area contributed by atoms with Crippen LogP contribution in [0.5, 0.6) is 5.75 Å². The van der Waals surface area contributed by atoms with Crippen molar-refractivity contribution in [3.05, 3.63) is 72.7 Å². The molecule has 2 N–H and O–H groups in total. The molecule has 6 rings (SSSR count). The first kappa shape index (κ1) is 21.0. The van der Waals surface area contributed by atoms with Gasteiger partial charge in [0.05, 0.1) is 7.11 Å². The number of fused-ring (bicyclic) bond motifs is 2. The first-order valence-electron chi connectivity index (χ1n) is 11.8. The van der Waals surface area contributed by atoms with E-state index in [4.69, 9.17) is 9.72 Å². The number of benzene rings is 2. The summed E-state index contributed by atoms with van der Waals surface area (Å²) in [5, 5.41) is 2.32. The van der Waals surface area contributed by atoms with Crippen LogP contribution in [-0.2, 0) is 6.54 Å². The van der Waals surface area contributed by atoms with Crippen LogP contribution in [0.2, 0.25) is 0 Å². The summed E-state index contributed by atoms with van der Waals surface area (Å²) in [4.78, 5) is 16.2. The molecule has 0 amide bonds. The molecule has 0 unspecified atom stereocenters. The smallest absolute Gasteiger partial charge is 0.137 e. The predicted molar refractivity (Wildman–Crippen MR) is 138 cm³/mol. The third-order valence-corrected chi connectivity index (χ3v) is 7.01. The van der Waals surface area contributed by atoms with Gasteiger partial charge in [0.1, 0.15) is 11.4 Å². The number of likely N-dealkylation sites (N-methyl/N-ethyl adjacent to an activating group) is 1. The molecule has 1 aliphatic rings. The summed E-state index contributed by atoms with van der Waals surface area (Å²) < 4.78 is 5.80.